The van der Waals surface area contributed by atoms with Crippen LogP contribution in [0.3, 0.4) is 0 Å². The predicted octanol–water partition coefficient (Wildman–Crippen LogP) is 3.52. The molecular weight excluding hydrogens is 400 g/mol. The molecule has 0 aliphatic heterocycles. The number of thiophene rings is 1. The molecule has 8 heteroatoms. The van der Waals surface area contributed by atoms with Gasteiger partial charge < -0.3 is 15.4 Å². The van der Waals surface area contributed by atoms with Crippen molar-refractivity contribution in [3.05, 3.63) is 34.2 Å². The molecule has 1 aliphatic rings. The van der Waals surface area contributed by atoms with Crippen molar-refractivity contribution in [1.82, 2.24) is 10.6 Å². The van der Waals surface area contributed by atoms with E-state index in [2.05, 4.69) is 17.6 Å². The maximum absolute atomic E-state index is 12.3. The van der Waals surface area contributed by atoms with Crippen LogP contribution in [-0.4, -0.2) is 37.0 Å². The van der Waals surface area contributed by atoms with E-state index in [4.69, 9.17) is 16.3 Å². The number of benzene rings is 1. The van der Waals surface area contributed by atoms with Gasteiger partial charge in [-0.2, -0.15) is 0 Å². The molecule has 3 rings (SSSR count). The topological polar surface area (TPSA) is 84.5 Å². The number of nitrogens with one attached hydrogen (secondary N) is 2. The van der Waals surface area contributed by atoms with Crippen LogP contribution in [0, 0.1) is 5.92 Å². The van der Waals surface area contributed by atoms with Crippen LogP contribution in [0.2, 0.25) is 5.02 Å². The largest absolute Gasteiger partial charge is 0.454 e. The first-order chi connectivity index (χ1) is 13.5. The van der Waals surface area contributed by atoms with Crippen molar-refractivity contribution in [2.45, 2.75) is 38.6 Å². The molecule has 2 aromatic rings. The van der Waals surface area contributed by atoms with Crippen molar-refractivity contribution < 1.29 is 19.1 Å². The number of ether oxygens (including phenoxy) is 1. The van der Waals surface area contributed by atoms with Crippen LogP contribution in [0.5, 0.6) is 0 Å². The second-order valence-electron chi connectivity index (χ2n) is 7.02. The van der Waals surface area contributed by atoms with Crippen LogP contribution < -0.4 is 10.6 Å². The van der Waals surface area contributed by atoms with Gasteiger partial charge in [-0.3, -0.25) is 14.4 Å². The molecular formula is C20H23ClN2O4S. The lowest BCUT2D eigenvalue weighted by molar-refractivity contribution is -0.147. The van der Waals surface area contributed by atoms with Crippen molar-refractivity contribution in [1.29, 1.82) is 0 Å². The molecule has 2 N–H and O–H groups in total. The Morgan fingerprint density at radius 3 is 2.71 bits per heavy atom. The number of carbonyl (C=O) groups excluding carboxylic acids is 3. The summed E-state index contributed by atoms with van der Waals surface area (Å²) in [6, 6.07) is 7.56. The molecule has 1 aliphatic carbocycles. The molecule has 1 fully saturated rings. The van der Waals surface area contributed by atoms with Gasteiger partial charge in [0.1, 0.15) is 11.4 Å². The molecule has 2 unspecified atom stereocenters. The molecule has 2 amide bonds. The minimum absolute atomic E-state index is 0.134. The average Bonchev–Trinajstić information content (AvgIpc) is 3.03. The lowest BCUT2D eigenvalue weighted by Crippen LogP contribution is -2.43. The molecule has 0 spiro atoms. The smallest absolute Gasteiger partial charge is 0.325 e. The number of esters is 1. The normalized spacial score (nSPS) is 19.2. The standard InChI is InChI=1S/C20H23ClN2O4S/c1-12-6-2-4-8-14(12)23-16(24)11-27-17(25)10-22-20(26)19-18(21)13-7-3-5-9-15(13)28-19/h3,5,7,9,12,14H,2,4,6,8,10-11H2,1H3,(H,22,26)(H,23,24). The second kappa shape index (κ2) is 9.39. The molecule has 1 heterocycles. The summed E-state index contributed by atoms with van der Waals surface area (Å²) in [7, 11) is 0. The summed E-state index contributed by atoms with van der Waals surface area (Å²) in [6.07, 6.45) is 4.33. The molecule has 0 bridgehead atoms. The summed E-state index contributed by atoms with van der Waals surface area (Å²) >= 11 is 7.52. The minimum atomic E-state index is -0.669. The summed E-state index contributed by atoms with van der Waals surface area (Å²) in [5, 5.41) is 6.58. The third-order valence-corrected chi connectivity index (χ3v) is 6.63. The van der Waals surface area contributed by atoms with Gasteiger partial charge in [0, 0.05) is 16.1 Å². The molecule has 28 heavy (non-hydrogen) atoms. The fourth-order valence-corrected chi connectivity index (χ4v) is 4.80. The molecule has 150 valence electrons. The van der Waals surface area contributed by atoms with E-state index in [0.29, 0.717) is 15.8 Å². The highest BCUT2D eigenvalue weighted by Gasteiger charge is 2.23. The van der Waals surface area contributed by atoms with Gasteiger partial charge in [0.15, 0.2) is 6.61 Å². The van der Waals surface area contributed by atoms with E-state index in [1.54, 1.807) is 0 Å². The zero-order valence-electron chi connectivity index (χ0n) is 15.6. The number of hydrogen-bond donors (Lipinski definition) is 2. The van der Waals surface area contributed by atoms with E-state index in [0.717, 1.165) is 29.3 Å². The van der Waals surface area contributed by atoms with Gasteiger partial charge >= 0.3 is 5.97 Å². The number of fused-ring (bicyclic) bond motifs is 1. The Labute approximate surface area is 172 Å². The molecule has 0 radical (unpaired) electrons. The van der Waals surface area contributed by atoms with Crippen LogP contribution in [0.25, 0.3) is 10.1 Å². The Balaban J connectivity index is 1.44. The SMILES string of the molecule is CC1CCCCC1NC(=O)COC(=O)CNC(=O)c1sc2ccccc2c1Cl. The summed E-state index contributed by atoms with van der Waals surface area (Å²) < 4.78 is 5.86. The Morgan fingerprint density at radius 2 is 1.96 bits per heavy atom. The van der Waals surface area contributed by atoms with E-state index >= 15 is 0 Å². The van der Waals surface area contributed by atoms with Crippen molar-refractivity contribution in [3.8, 4) is 0 Å². The molecule has 2 atom stereocenters. The van der Waals surface area contributed by atoms with Gasteiger partial charge in [0.05, 0.1) is 5.02 Å². The Hall–Kier alpha value is -2.12. The van der Waals surface area contributed by atoms with E-state index in [9.17, 15) is 14.4 Å². The fourth-order valence-electron chi connectivity index (χ4n) is 3.37. The second-order valence-corrected chi connectivity index (χ2v) is 8.45. The zero-order valence-corrected chi connectivity index (χ0v) is 17.2. The quantitative estimate of drug-likeness (QED) is 0.697. The Bertz CT molecular complexity index is 882. The van der Waals surface area contributed by atoms with Crippen LogP contribution in [0.15, 0.2) is 24.3 Å². The number of halogens is 1. The highest BCUT2D eigenvalue weighted by molar-refractivity contribution is 7.21. The van der Waals surface area contributed by atoms with Gasteiger partial charge in [0.2, 0.25) is 0 Å². The third kappa shape index (κ3) is 5.02. The molecule has 1 saturated carbocycles. The Morgan fingerprint density at radius 1 is 1.21 bits per heavy atom. The van der Waals surface area contributed by atoms with Crippen molar-refractivity contribution in [2.75, 3.05) is 13.2 Å². The van der Waals surface area contributed by atoms with E-state index in [1.165, 1.54) is 17.8 Å². The number of amides is 2. The van der Waals surface area contributed by atoms with Crippen LogP contribution >= 0.6 is 22.9 Å². The number of carbonyl (C=O) groups is 3. The van der Waals surface area contributed by atoms with Crippen molar-refractivity contribution in [2.24, 2.45) is 5.92 Å². The van der Waals surface area contributed by atoms with Gasteiger partial charge in [-0.1, -0.05) is 49.6 Å². The average molecular weight is 423 g/mol. The fraction of sp³-hybridized carbons (Fsp3) is 0.450. The van der Waals surface area contributed by atoms with Crippen LogP contribution in [0.4, 0.5) is 0 Å². The summed E-state index contributed by atoms with van der Waals surface area (Å²) in [5.41, 5.74) is 0. The molecule has 0 saturated heterocycles. The van der Waals surface area contributed by atoms with Gasteiger partial charge in [0.25, 0.3) is 11.8 Å². The molecule has 6 nitrogen and oxygen atoms in total. The highest BCUT2D eigenvalue weighted by Crippen LogP contribution is 2.34. The predicted molar refractivity (Wildman–Crippen MR) is 110 cm³/mol. The summed E-state index contributed by atoms with van der Waals surface area (Å²) in [5.74, 6) is -0.995. The van der Waals surface area contributed by atoms with Crippen LogP contribution in [0.1, 0.15) is 42.3 Å². The Kier molecular flexibility index (Phi) is 6.91. The van der Waals surface area contributed by atoms with Crippen molar-refractivity contribution in [3.63, 3.8) is 0 Å². The van der Waals surface area contributed by atoms with E-state index in [-0.39, 0.29) is 25.1 Å². The van der Waals surface area contributed by atoms with Crippen molar-refractivity contribution >= 4 is 50.8 Å². The molecule has 1 aromatic heterocycles. The lowest BCUT2D eigenvalue weighted by atomic mass is 9.86. The van der Waals surface area contributed by atoms with Gasteiger partial charge in [-0.25, -0.2) is 0 Å². The van der Waals surface area contributed by atoms with Gasteiger partial charge in [-0.15, -0.1) is 11.3 Å². The monoisotopic (exact) mass is 422 g/mol. The van der Waals surface area contributed by atoms with E-state index < -0.39 is 11.9 Å². The molecule has 1 aromatic carbocycles. The summed E-state index contributed by atoms with van der Waals surface area (Å²) in [4.78, 5) is 36.5. The van der Waals surface area contributed by atoms with E-state index in [1.807, 2.05) is 24.3 Å². The summed E-state index contributed by atoms with van der Waals surface area (Å²) in [6.45, 7) is 1.45. The zero-order chi connectivity index (χ0) is 20.1. The number of rotatable bonds is 6. The lowest BCUT2D eigenvalue weighted by Gasteiger charge is -2.29. The van der Waals surface area contributed by atoms with Crippen LogP contribution in [-0.2, 0) is 14.3 Å². The maximum atomic E-state index is 12.3. The number of hydrogen-bond acceptors (Lipinski definition) is 5. The first kappa shape index (κ1) is 20.6. The minimum Gasteiger partial charge on any atom is -0.454 e. The first-order valence-electron chi connectivity index (χ1n) is 9.36. The maximum Gasteiger partial charge on any atom is 0.325 e. The first-order valence-corrected chi connectivity index (χ1v) is 10.6. The highest BCUT2D eigenvalue weighted by atomic mass is 35.5. The third-order valence-electron chi connectivity index (χ3n) is 4.96. The van der Waals surface area contributed by atoms with Gasteiger partial charge in [-0.05, 0) is 24.8 Å².